The fraction of sp³-hybridized carbons (Fsp3) is 0.250. The van der Waals surface area contributed by atoms with E-state index in [4.69, 9.17) is 11.5 Å². The first kappa shape index (κ1) is 12.9. The average molecular weight is 260 g/mol. The zero-order chi connectivity index (χ0) is 14.0. The van der Waals surface area contributed by atoms with Crippen LogP contribution in [0, 0.1) is 0 Å². The molecule has 1 amide bonds. The van der Waals surface area contributed by atoms with Gasteiger partial charge in [0, 0.05) is 32.4 Å². The van der Waals surface area contributed by atoms with Crippen molar-refractivity contribution in [3.05, 3.63) is 35.8 Å². The summed E-state index contributed by atoms with van der Waals surface area (Å²) in [6.45, 7) is 0.597. The fourth-order valence-electron chi connectivity index (χ4n) is 1.88. The Bertz CT molecular complexity index is 606. The lowest BCUT2D eigenvalue weighted by Crippen LogP contribution is -2.22. The standard InChI is InChI=1S/C12H16N6O/c1-17(6-8-4-16-18(2)7-8)10-5-15-11(13)3-9(10)12(14)19/h3-5,7H,6H2,1-2H3,(H2,13,15)(H2,14,19). The summed E-state index contributed by atoms with van der Waals surface area (Å²) >= 11 is 0. The van der Waals surface area contributed by atoms with E-state index in [-0.39, 0.29) is 5.82 Å². The molecule has 0 aliphatic carbocycles. The third-order valence-electron chi connectivity index (χ3n) is 2.76. The Labute approximate surface area is 110 Å². The second-order valence-electron chi connectivity index (χ2n) is 4.37. The number of amides is 1. The number of hydrogen-bond acceptors (Lipinski definition) is 5. The maximum atomic E-state index is 11.4. The van der Waals surface area contributed by atoms with E-state index in [1.807, 2.05) is 25.2 Å². The molecule has 0 bridgehead atoms. The molecule has 2 heterocycles. The molecule has 0 saturated heterocycles. The second kappa shape index (κ2) is 4.97. The van der Waals surface area contributed by atoms with Gasteiger partial charge in [0.1, 0.15) is 5.82 Å². The Hall–Kier alpha value is -2.57. The van der Waals surface area contributed by atoms with Crippen molar-refractivity contribution in [3.63, 3.8) is 0 Å². The van der Waals surface area contributed by atoms with Gasteiger partial charge in [-0.1, -0.05) is 0 Å². The van der Waals surface area contributed by atoms with E-state index < -0.39 is 5.91 Å². The molecule has 0 aromatic carbocycles. The predicted molar refractivity (Wildman–Crippen MR) is 72.5 cm³/mol. The molecule has 2 rings (SSSR count). The zero-order valence-electron chi connectivity index (χ0n) is 10.9. The van der Waals surface area contributed by atoms with Crippen LogP contribution in [0.1, 0.15) is 15.9 Å². The Morgan fingerprint density at radius 3 is 2.79 bits per heavy atom. The van der Waals surface area contributed by atoms with E-state index in [0.717, 1.165) is 5.56 Å². The van der Waals surface area contributed by atoms with Crippen molar-refractivity contribution in [2.45, 2.75) is 6.54 Å². The molecule has 2 aromatic rings. The zero-order valence-corrected chi connectivity index (χ0v) is 10.9. The number of hydrogen-bond donors (Lipinski definition) is 2. The average Bonchev–Trinajstić information content (AvgIpc) is 2.74. The molecule has 0 atom stereocenters. The number of aromatic nitrogens is 3. The van der Waals surface area contributed by atoms with Crippen molar-refractivity contribution in [2.75, 3.05) is 17.7 Å². The van der Waals surface area contributed by atoms with E-state index in [2.05, 4.69) is 10.1 Å². The van der Waals surface area contributed by atoms with Crippen LogP contribution in [0.25, 0.3) is 0 Å². The summed E-state index contributed by atoms with van der Waals surface area (Å²) < 4.78 is 1.72. The molecule has 0 spiro atoms. The van der Waals surface area contributed by atoms with Gasteiger partial charge in [-0.25, -0.2) is 4.98 Å². The van der Waals surface area contributed by atoms with Crippen LogP contribution in [0.4, 0.5) is 11.5 Å². The summed E-state index contributed by atoms with van der Waals surface area (Å²) in [6.07, 6.45) is 5.22. The molecule has 4 N–H and O–H groups in total. The molecular weight excluding hydrogens is 244 g/mol. The molecule has 0 aliphatic heterocycles. The van der Waals surface area contributed by atoms with Crippen molar-refractivity contribution >= 4 is 17.4 Å². The van der Waals surface area contributed by atoms with Crippen molar-refractivity contribution in [1.82, 2.24) is 14.8 Å². The lowest BCUT2D eigenvalue weighted by atomic mass is 10.2. The predicted octanol–water partition coefficient (Wildman–Crippen LogP) is 0.133. The number of pyridine rings is 1. The van der Waals surface area contributed by atoms with E-state index in [1.54, 1.807) is 17.1 Å². The normalized spacial score (nSPS) is 10.4. The van der Waals surface area contributed by atoms with Gasteiger partial charge in [-0.2, -0.15) is 5.10 Å². The first-order valence-electron chi connectivity index (χ1n) is 5.71. The summed E-state index contributed by atoms with van der Waals surface area (Å²) in [6, 6.07) is 1.48. The summed E-state index contributed by atoms with van der Waals surface area (Å²) in [5.41, 5.74) is 13.0. The van der Waals surface area contributed by atoms with Gasteiger partial charge in [0.05, 0.1) is 23.6 Å². The summed E-state index contributed by atoms with van der Waals surface area (Å²) in [4.78, 5) is 17.3. The maximum absolute atomic E-state index is 11.4. The summed E-state index contributed by atoms with van der Waals surface area (Å²) in [5.74, 6) is -0.255. The second-order valence-corrected chi connectivity index (χ2v) is 4.37. The molecule has 100 valence electrons. The van der Waals surface area contributed by atoms with E-state index in [1.165, 1.54) is 6.07 Å². The van der Waals surface area contributed by atoms with Crippen molar-refractivity contribution in [3.8, 4) is 0 Å². The van der Waals surface area contributed by atoms with Gasteiger partial charge in [-0.05, 0) is 6.07 Å². The lowest BCUT2D eigenvalue weighted by Gasteiger charge is -2.20. The largest absolute Gasteiger partial charge is 0.384 e. The minimum Gasteiger partial charge on any atom is -0.384 e. The molecule has 0 aliphatic rings. The lowest BCUT2D eigenvalue weighted by molar-refractivity contribution is 0.100. The van der Waals surface area contributed by atoms with E-state index in [0.29, 0.717) is 17.8 Å². The molecule has 2 aromatic heterocycles. The Morgan fingerprint density at radius 2 is 2.21 bits per heavy atom. The summed E-state index contributed by atoms with van der Waals surface area (Å²) in [5, 5.41) is 4.10. The first-order valence-corrected chi connectivity index (χ1v) is 5.71. The van der Waals surface area contributed by atoms with Gasteiger partial charge in [0.25, 0.3) is 5.91 Å². The number of carbonyl (C=O) groups is 1. The Morgan fingerprint density at radius 1 is 1.47 bits per heavy atom. The molecule has 7 heteroatoms. The molecule has 0 unspecified atom stereocenters. The van der Waals surface area contributed by atoms with Crippen molar-refractivity contribution in [1.29, 1.82) is 0 Å². The number of aryl methyl sites for hydroxylation is 1. The van der Waals surface area contributed by atoms with Crippen LogP contribution in [0.15, 0.2) is 24.7 Å². The van der Waals surface area contributed by atoms with E-state index >= 15 is 0 Å². The van der Waals surface area contributed by atoms with Crippen LogP contribution in [0.3, 0.4) is 0 Å². The molecule has 19 heavy (non-hydrogen) atoms. The van der Waals surface area contributed by atoms with Crippen LogP contribution < -0.4 is 16.4 Å². The van der Waals surface area contributed by atoms with Gasteiger partial charge in [-0.15, -0.1) is 0 Å². The van der Waals surface area contributed by atoms with Gasteiger partial charge >= 0.3 is 0 Å². The molecule has 0 saturated carbocycles. The number of rotatable bonds is 4. The topological polar surface area (TPSA) is 103 Å². The van der Waals surface area contributed by atoms with Crippen LogP contribution >= 0.6 is 0 Å². The van der Waals surface area contributed by atoms with Crippen molar-refractivity contribution < 1.29 is 4.79 Å². The molecule has 0 radical (unpaired) electrons. The highest BCUT2D eigenvalue weighted by molar-refractivity contribution is 5.99. The number of primary amides is 1. The number of anilines is 2. The monoisotopic (exact) mass is 260 g/mol. The number of nitrogens with two attached hydrogens (primary N) is 2. The molecule has 7 nitrogen and oxygen atoms in total. The molecule has 0 fully saturated rings. The SMILES string of the molecule is CN(Cc1cnn(C)c1)c1cnc(N)cc1C(N)=O. The highest BCUT2D eigenvalue weighted by Crippen LogP contribution is 2.21. The van der Waals surface area contributed by atoms with Gasteiger partial charge < -0.3 is 16.4 Å². The van der Waals surface area contributed by atoms with Gasteiger partial charge in [-0.3, -0.25) is 9.48 Å². The van der Waals surface area contributed by atoms with Crippen LogP contribution in [-0.4, -0.2) is 27.7 Å². The van der Waals surface area contributed by atoms with Crippen LogP contribution in [0.2, 0.25) is 0 Å². The van der Waals surface area contributed by atoms with Gasteiger partial charge in [0.2, 0.25) is 0 Å². The van der Waals surface area contributed by atoms with Crippen LogP contribution in [0.5, 0.6) is 0 Å². The Balaban J connectivity index is 2.28. The van der Waals surface area contributed by atoms with E-state index in [9.17, 15) is 4.79 Å². The fourth-order valence-corrected chi connectivity index (χ4v) is 1.88. The smallest absolute Gasteiger partial charge is 0.251 e. The highest BCUT2D eigenvalue weighted by atomic mass is 16.1. The minimum absolute atomic E-state index is 0.271. The van der Waals surface area contributed by atoms with Gasteiger partial charge in [0.15, 0.2) is 0 Å². The summed E-state index contributed by atoms with van der Waals surface area (Å²) in [7, 11) is 3.70. The molecular formula is C12H16N6O. The highest BCUT2D eigenvalue weighted by Gasteiger charge is 2.14. The first-order chi connectivity index (χ1) is 8.97. The number of nitrogens with zero attached hydrogens (tertiary/aromatic N) is 4. The van der Waals surface area contributed by atoms with Crippen molar-refractivity contribution in [2.24, 2.45) is 12.8 Å². The number of carbonyl (C=O) groups excluding carboxylic acids is 1. The van der Waals surface area contributed by atoms with Crippen LogP contribution in [-0.2, 0) is 13.6 Å². The Kier molecular flexibility index (Phi) is 3.37. The minimum atomic E-state index is -0.526. The maximum Gasteiger partial charge on any atom is 0.251 e. The number of nitrogen functional groups attached to an aromatic ring is 1. The quantitative estimate of drug-likeness (QED) is 0.813. The third kappa shape index (κ3) is 2.82. The third-order valence-corrected chi connectivity index (χ3v) is 2.76.